The van der Waals surface area contributed by atoms with Crippen LogP contribution in [0, 0.1) is 28.6 Å². The van der Waals surface area contributed by atoms with Gasteiger partial charge < -0.3 is 19.7 Å². The lowest BCUT2D eigenvalue weighted by Crippen LogP contribution is -2.56. The molecule has 6 atom stereocenters. The summed E-state index contributed by atoms with van der Waals surface area (Å²) in [4.78, 5) is 4.66. The van der Waals surface area contributed by atoms with E-state index in [4.69, 9.17) is 9.47 Å². The largest absolute Gasteiger partial charge is 0.507 e. The number of aromatic hydroxyl groups is 1. The summed E-state index contributed by atoms with van der Waals surface area (Å²) in [6.07, 6.45) is 12.5. The lowest BCUT2D eigenvalue weighted by molar-refractivity contribution is -0.187. The molecular weight excluding hydrogens is 506 g/mol. The number of halogens is 1. The van der Waals surface area contributed by atoms with Gasteiger partial charge in [0, 0.05) is 34.5 Å². The Morgan fingerprint density at radius 1 is 1.09 bits per heavy atom. The summed E-state index contributed by atoms with van der Waals surface area (Å²) < 4.78 is 13.1. The van der Waals surface area contributed by atoms with Gasteiger partial charge in [-0.15, -0.1) is 0 Å². The quantitative estimate of drug-likeness (QED) is 0.361. The minimum Gasteiger partial charge on any atom is -0.507 e. The third kappa shape index (κ3) is 3.69. The van der Waals surface area contributed by atoms with E-state index >= 15 is 0 Å². The van der Waals surface area contributed by atoms with Crippen molar-refractivity contribution in [2.45, 2.75) is 76.6 Å². The molecule has 1 spiro atoms. The fraction of sp³-hybridized carbons (Fsp3) is 0.690. The molecule has 4 aliphatic carbocycles. The first kappa shape index (κ1) is 24.1. The summed E-state index contributed by atoms with van der Waals surface area (Å²) in [7, 11) is 0. The van der Waals surface area contributed by atoms with E-state index in [0.29, 0.717) is 29.9 Å². The first-order valence-electron chi connectivity index (χ1n) is 13.4. The van der Waals surface area contributed by atoms with Gasteiger partial charge >= 0.3 is 0 Å². The number of hydrogen-bond donors (Lipinski definition) is 2. The van der Waals surface area contributed by atoms with Crippen LogP contribution in [-0.4, -0.2) is 47.6 Å². The van der Waals surface area contributed by atoms with Crippen molar-refractivity contribution >= 4 is 22.1 Å². The Labute approximate surface area is 217 Å². The predicted octanol–water partition coefficient (Wildman–Crippen LogP) is 6.01. The van der Waals surface area contributed by atoms with Crippen LogP contribution in [0.5, 0.6) is 5.75 Å². The maximum atomic E-state index is 11.9. The Bertz CT molecular complexity index is 1060. The highest BCUT2D eigenvalue weighted by Gasteiger charge is 2.64. The summed E-state index contributed by atoms with van der Waals surface area (Å²) in [6, 6.07) is 5.33. The number of phenolic OH excluding ortho intramolecular Hbond substituents is 1. The van der Waals surface area contributed by atoms with Gasteiger partial charge in [0.1, 0.15) is 5.75 Å². The third-order valence-corrected chi connectivity index (χ3v) is 11.3. The number of rotatable bonds is 3. The third-order valence-electron chi connectivity index (χ3n) is 10.8. The maximum Gasteiger partial charge on any atom is 0.172 e. The molecule has 1 aromatic rings. The molecule has 0 radical (unpaired) electrons. The number of ether oxygens (including phenoxy) is 2. The fourth-order valence-electron chi connectivity index (χ4n) is 8.64. The summed E-state index contributed by atoms with van der Waals surface area (Å²) in [5, 5.41) is 22.1. The van der Waals surface area contributed by atoms with Crippen LogP contribution in [0.2, 0.25) is 0 Å². The first-order chi connectivity index (χ1) is 16.7. The highest BCUT2D eigenvalue weighted by atomic mass is 79.9. The second kappa shape index (κ2) is 8.41. The van der Waals surface area contributed by atoms with Gasteiger partial charge in [-0.1, -0.05) is 41.4 Å². The molecule has 35 heavy (non-hydrogen) atoms. The van der Waals surface area contributed by atoms with Crippen LogP contribution in [0.3, 0.4) is 0 Å². The number of nitrogens with zero attached hydrogens (tertiary/aromatic N) is 1. The first-order valence-corrected chi connectivity index (χ1v) is 14.2. The molecule has 5 nitrogen and oxygen atoms in total. The van der Waals surface area contributed by atoms with Crippen molar-refractivity contribution in [3.8, 4) is 5.75 Å². The molecule has 2 N–H and O–H groups in total. The van der Waals surface area contributed by atoms with Gasteiger partial charge in [-0.05, 0) is 79.9 Å². The van der Waals surface area contributed by atoms with E-state index in [1.807, 2.05) is 12.1 Å². The molecule has 5 aliphatic rings. The van der Waals surface area contributed by atoms with Gasteiger partial charge in [-0.2, -0.15) is 0 Å². The molecule has 1 aromatic carbocycles. The Morgan fingerprint density at radius 3 is 2.66 bits per heavy atom. The molecule has 0 unspecified atom stereocenters. The molecule has 1 aliphatic heterocycles. The van der Waals surface area contributed by atoms with Gasteiger partial charge in [0.2, 0.25) is 0 Å². The van der Waals surface area contributed by atoms with E-state index in [1.54, 1.807) is 17.9 Å². The van der Waals surface area contributed by atoms with E-state index in [0.717, 1.165) is 62.6 Å². The Hall–Kier alpha value is -1.21. The fourth-order valence-corrected chi connectivity index (χ4v) is 9.02. The zero-order valence-corrected chi connectivity index (χ0v) is 22.5. The molecule has 0 aromatic heterocycles. The Kier molecular flexibility index (Phi) is 5.80. The Morgan fingerprint density at radius 2 is 1.86 bits per heavy atom. The summed E-state index contributed by atoms with van der Waals surface area (Å²) in [5.41, 5.74) is 1.53. The van der Waals surface area contributed by atoms with E-state index in [-0.39, 0.29) is 22.4 Å². The second-order valence-corrected chi connectivity index (χ2v) is 13.2. The number of hydrogen-bond acceptors (Lipinski definition) is 5. The van der Waals surface area contributed by atoms with Crippen LogP contribution in [0.25, 0.3) is 0 Å². The maximum absolute atomic E-state index is 11.9. The summed E-state index contributed by atoms with van der Waals surface area (Å²) >= 11 is 3.46. The smallest absolute Gasteiger partial charge is 0.172 e. The van der Waals surface area contributed by atoms with Crippen LogP contribution < -0.4 is 0 Å². The SMILES string of the molecule is C[C@]12CCC3(CC1=CC[C@H]1[C@H]2CC[C@]2(C)[C@@H]1CC[C@@]2(O)CN=Cc1cc(Br)ccc1O)OCCO3. The molecule has 4 fully saturated rings. The number of aliphatic imine (C=N–C) groups is 1. The van der Waals surface area contributed by atoms with Gasteiger partial charge in [0.25, 0.3) is 0 Å². The van der Waals surface area contributed by atoms with Crippen LogP contribution in [0.1, 0.15) is 70.8 Å². The average Bonchev–Trinajstić information content (AvgIpc) is 3.39. The Balaban J connectivity index is 1.21. The van der Waals surface area contributed by atoms with Crippen molar-refractivity contribution in [1.82, 2.24) is 0 Å². The van der Waals surface area contributed by atoms with Gasteiger partial charge in [-0.25, -0.2) is 0 Å². The molecule has 0 bridgehead atoms. The second-order valence-electron chi connectivity index (χ2n) is 12.2. The monoisotopic (exact) mass is 543 g/mol. The number of phenols is 1. The van der Waals surface area contributed by atoms with E-state index in [9.17, 15) is 10.2 Å². The van der Waals surface area contributed by atoms with Crippen molar-refractivity contribution in [3.63, 3.8) is 0 Å². The standard InChI is InChI=1S/C29H38BrNO4/c1-26-11-12-29(34-13-14-35-29)16-20(26)3-5-22-23(26)7-9-27(2)24(22)8-10-28(27,33)18-31-17-19-15-21(30)4-6-25(19)32/h3-4,6,15,17,22-24,32-33H,5,7-14,16,18H2,1-2H3/t22-,23+,24+,26-,27+,28+/m0/s1. The normalized spacial score (nSPS) is 42.1. The molecule has 6 heteroatoms. The number of benzene rings is 1. The minimum atomic E-state index is -0.798. The van der Waals surface area contributed by atoms with E-state index in [1.165, 1.54) is 6.42 Å². The lowest BCUT2D eigenvalue weighted by Gasteiger charge is -2.59. The predicted molar refractivity (Wildman–Crippen MR) is 140 cm³/mol. The van der Waals surface area contributed by atoms with E-state index < -0.39 is 5.60 Å². The van der Waals surface area contributed by atoms with Gasteiger partial charge in [-0.3, -0.25) is 4.99 Å². The number of aliphatic hydroxyl groups is 1. The summed E-state index contributed by atoms with van der Waals surface area (Å²) in [6.45, 7) is 6.65. The zero-order valence-electron chi connectivity index (χ0n) is 20.9. The van der Waals surface area contributed by atoms with Gasteiger partial charge in [0.15, 0.2) is 5.79 Å². The highest BCUT2D eigenvalue weighted by Crippen LogP contribution is 2.68. The van der Waals surface area contributed by atoms with Crippen LogP contribution in [-0.2, 0) is 9.47 Å². The van der Waals surface area contributed by atoms with Crippen molar-refractivity contribution in [2.75, 3.05) is 19.8 Å². The van der Waals surface area contributed by atoms with Gasteiger partial charge in [0.05, 0.1) is 25.4 Å². The lowest BCUT2D eigenvalue weighted by atomic mass is 9.46. The van der Waals surface area contributed by atoms with Crippen LogP contribution in [0.4, 0.5) is 0 Å². The molecular formula is C29H38BrNO4. The average molecular weight is 545 g/mol. The molecule has 3 saturated carbocycles. The highest BCUT2D eigenvalue weighted by molar-refractivity contribution is 9.10. The van der Waals surface area contributed by atoms with Crippen LogP contribution in [0.15, 0.2) is 39.3 Å². The summed E-state index contributed by atoms with van der Waals surface area (Å²) in [5.74, 6) is 1.65. The number of allylic oxidation sites excluding steroid dienone is 1. The number of fused-ring (bicyclic) bond motifs is 5. The molecule has 0 amide bonds. The van der Waals surface area contributed by atoms with Crippen LogP contribution >= 0.6 is 15.9 Å². The van der Waals surface area contributed by atoms with E-state index in [2.05, 4.69) is 40.8 Å². The molecule has 1 saturated heterocycles. The molecule has 190 valence electrons. The van der Waals surface area contributed by atoms with Crippen molar-refractivity contribution in [3.05, 3.63) is 39.9 Å². The van der Waals surface area contributed by atoms with Crippen molar-refractivity contribution in [1.29, 1.82) is 0 Å². The molecule has 1 heterocycles. The topological polar surface area (TPSA) is 71.3 Å². The molecule has 6 rings (SSSR count). The zero-order chi connectivity index (χ0) is 24.5. The van der Waals surface area contributed by atoms with Crippen molar-refractivity contribution < 1.29 is 19.7 Å². The minimum absolute atomic E-state index is 0.125. The van der Waals surface area contributed by atoms with Crippen molar-refractivity contribution in [2.24, 2.45) is 33.6 Å².